The summed E-state index contributed by atoms with van der Waals surface area (Å²) < 4.78 is 1.79. The predicted molar refractivity (Wildman–Crippen MR) is 99.6 cm³/mol. The smallest absolute Gasteiger partial charge is 0.267 e. The highest BCUT2D eigenvalue weighted by Gasteiger charge is 2.27. The molecule has 0 bridgehead atoms. The molecule has 2 aromatic heterocycles. The topological polar surface area (TPSA) is 93.6 Å². The SMILES string of the molecule is CN1CC[C@H](C#Cc2cccc(-c3nc(C(N)=O)cc4nccn34)c2)C1=O. The van der Waals surface area contributed by atoms with Crippen LogP contribution >= 0.6 is 0 Å². The summed E-state index contributed by atoms with van der Waals surface area (Å²) in [5.41, 5.74) is 7.69. The van der Waals surface area contributed by atoms with Crippen LogP contribution in [0.5, 0.6) is 0 Å². The van der Waals surface area contributed by atoms with Gasteiger partial charge in [0, 0.05) is 43.2 Å². The molecule has 0 radical (unpaired) electrons. The van der Waals surface area contributed by atoms with E-state index in [1.54, 1.807) is 34.8 Å². The van der Waals surface area contributed by atoms with Crippen LogP contribution in [0.15, 0.2) is 42.7 Å². The summed E-state index contributed by atoms with van der Waals surface area (Å²) in [4.78, 5) is 33.9. The molecule has 3 heterocycles. The third-order valence-electron chi connectivity index (χ3n) is 4.58. The van der Waals surface area contributed by atoms with Gasteiger partial charge < -0.3 is 10.6 Å². The summed E-state index contributed by atoms with van der Waals surface area (Å²) in [7, 11) is 1.79. The first-order valence-corrected chi connectivity index (χ1v) is 8.54. The van der Waals surface area contributed by atoms with Gasteiger partial charge in [0.05, 0.1) is 0 Å². The summed E-state index contributed by atoms with van der Waals surface area (Å²) >= 11 is 0. The average molecular weight is 359 g/mol. The molecule has 2 amide bonds. The van der Waals surface area contributed by atoms with Gasteiger partial charge in [0.2, 0.25) is 5.91 Å². The number of imidazole rings is 1. The van der Waals surface area contributed by atoms with Gasteiger partial charge in [-0.05, 0) is 18.6 Å². The van der Waals surface area contributed by atoms with Crippen LogP contribution in [-0.4, -0.2) is 44.7 Å². The molecule has 7 heteroatoms. The van der Waals surface area contributed by atoms with Gasteiger partial charge in [-0.25, -0.2) is 9.97 Å². The fraction of sp³-hybridized carbons (Fsp3) is 0.200. The van der Waals surface area contributed by atoms with Crippen molar-refractivity contribution in [1.29, 1.82) is 0 Å². The van der Waals surface area contributed by atoms with Gasteiger partial charge in [0.15, 0.2) is 0 Å². The fourth-order valence-electron chi connectivity index (χ4n) is 3.12. The Morgan fingerprint density at radius 1 is 1.33 bits per heavy atom. The molecule has 0 aliphatic carbocycles. The van der Waals surface area contributed by atoms with Crippen molar-refractivity contribution in [2.45, 2.75) is 6.42 Å². The van der Waals surface area contributed by atoms with Crippen LogP contribution in [0, 0.1) is 17.8 Å². The summed E-state index contributed by atoms with van der Waals surface area (Å²) in [6.45, 7) is 0.737. The van der Waals surface area contributed by atoms with Gasteiger partial charge in [-0.15, -0.1) is 0 Å². The molecular formula is C20H17N5O2. The molecule has 1 saturated heterocycles. The van der Waals surface area contributed by atoms with E-state index in [2.05, 4.69) is 21.8 Å². The average Bonchev–Trinajstić information content (AvgIpc) is 3.27. The maximum absolute atomic E-state index is 12.0. The van der Waals surface area contributed by atoms with Crippen molar-refractivity contribution in [3.63, 3.8) is 0 Å². The van der Waals surface area contributed by atoms with Gasteiger partial charge in [-0.1, -0.05) is 24.0 Å². The second kappa shape index (κ2) is 6.57. The number of nitrogens with two attached hydrogens (primary N) is 1. The molecule has 0 unspecified atom stereocenters. The molecular weight excluding hydrogens is 342 g/mol. The molecule has 1 aliphatic heterocycles. The van der Waals surface area contributed by atoms with Crippen molar-refractivity contribution in [2.24, 2.45) is 11.7 Å². The molecule has 3 aromatic rings. The third-order valence-corrected chi connectivity index (χ3v) is 4.58. The van der Waals surface area contributed by atoms with E-state index in [-0.39, 0.29) is 17.5 Å². The lowest BCUT2D eigenvalue weighted by atomic mass is 10.1. The number of aromatic nitrogens is 3. The van der Waals surface area contributed by atoms with Gasteiger partial charge in [0.25, 0.3) is 5.91 Å². The van der Waals surface area contributed by atoms with E-state index >= 15 is 0 Å². The zero-order chi connectivity index (χ0) is 19.0. The second-order valence-corrected chi connectivity index (χ2v) is 6.44. The highest BCUT2D eigenvalue weighted by atomic mass is 16.2. The number of benzene rings is 1. The number of amides is 2. The molecule has 1 aromatic carbocycles. The molecule has 1 aliphatic rings. The number of primary amides is 1. The number of nitrogens with zero attached hydrogens (tertiary/aromatic N) is 4. The van der Waals surface area contributed by atoms with Gasteiger partial charge in [0.1, 0.15) is 23.1 Å². The zero-order valence-electron chi connectivity index (χ0n) is 14.7. The second-order valence-electron chi connectivity index (χ2n) is 6.44. The molecule has 134 valence electrons. The number of hydrogen-bond acceptors (Lipinski definition) is 4. The zero-order valence-corrected chi connectivity index (χ0v) is 14.7. The normalized spacial score (nSPS) is 16.4. The number of rotatable bonds is 2. The lowest BCUT2D eigenvalue weighted by Crippen LogP contribution is -2.21. The largest absolute Gasteiger partial charge is 0.364 e. The van der Waals surface area contributed by atoms with E-state index in [0.717, 1.165) is 24.1 Å². The maximum atomic E-state index is 12.0. The molecule has 1 atom stereocenters. The molecule has 1 fully saturated rings. The Bertz CT molecular complexity index is 1120. The fourth-order valence-corrected chi connectivity index (χ4v) is 3.12. The Hall–Kier alpha value is -3.66. The number of likely N-dealkylation sites (tertiary alicyclic amines) is 1. The Morgan fingerprint density at radius 2 is 2.19 bits per heavy atom. The van der Waals surface area contributed by atoms with Gasteiger partial charge in [-0.3, -0.25) is 14.0 Å². The van der Waals surface area contributed by atoms with Crippen molar-refractivity contribution in [3.05, 3.63) is 54.0 Å². The minimum absolute atomic E-state index is 0.0644. The molecule has 0 saturated carbocycles. The van der Waals surface area contributed by atoms with Crippen LogP contribution < -0.4 is 5.73 Å². The van der Waals surface area contributed by atoms with E-state index in [0.29, 0.717) is 11.5 Å². The van der Waals surface area contributed by atoms with Crippen molar-refractivity contribution in [3.8, 4) is 23.2 Å². The molecule has 4 rings (SSSR count). The minimum atomic E-state index is -0.610. The monoisotopic (exact) mass is 359 g/mol. The summed E-state index contributed by atoms with van der Waals surface area (Å²) in [5.74, 6) is 5.90. The molecule has 7 nitrogen and oxygen atoms in total. The van der Waals surface area contributed by atoms with Crippen molar-refractivity contribution < 1.29 is 9.59 Å². The van der Waals surface area contributed by atoms with Crippen molar-refractivity contribution >= 4 is 17.5 Å². The van der Waals surface area contributed by atoms with Gasteiger partial charge in [-0.2, -0.15) is 0 Å². The Balaban J connectivity index is 1.74. The summed E-state index contributed by atoms with van der Waals surface area (Å²) in [5, 5.41) is 0. The van der Waals surface area contributed by atoms with Crippen LogP contribution in [0.25, 0.3) is 17.0 Å². The molecule has 2 N–H and O–H groups in total. The number of hydrogen-bond donors (Lipinski definition) is 1. The first kappa shape index (κ1) is 16.8. The first-order valence-electron chi connectivity index (χ1n) is 8.54. The van der Waals surface area contributed by atoms with Crippen LogP contribution in [-0.2, 0) is 4.79 Å². The van der Waals surface area contributed by atoms with Crippen molar-refractivity contribution in [2.75, 3.05) is 13.6 Å². The Morgan fingerprint density at radius 3 is 2.93 bits per heavy atom. The summed E-state index contributed by atoms with van der Waals surface area (Å²) in [6, 6.07) is 9.05. The Labute approximate surface area is 155 Å². The standard InChI is InChI=1S/C20H17N5O2/c1-24-9-7-14(20(24)27)6-5-13-3-2-4-15(11-13)19-23-16(18(21)26)12-17-22-8-10-25(17)19/h2-4,8,10-12,14H,7,9H2,1H3,(H2,21,26)/t14-/m0/s1. The van der Waals surface area contributed by atoms with Gasteiger partial charge >= 0.3 is 0 Å². The highest BCUT2D eigenvalue weighted by Crippen LogP contribution is 2.21. The van der Waals surface area contributed by atoms with Crippen LogP contribution in [0.1, 0.15) is 22.5 Å². The molecule has 27 heavy (non-hydrogen) atoms. The molecule has 0 spiro atoms. The van der Waals surface area contributed by atoms with E-state index in [9.17, 15) is 9.59 Å². The highest BCUT2D eigenvalue weighted by molar-refractivity contribution is 5.92. The first-order chi connectivity index (χ1) is 13.0. The predicted octanol–water partition coefficient (Wildman–Crippen LogP) is 1.32. The minimum Gasteiger partial charge on any atom is -0.364 e. The number of carbonyl (C=O) groups excluding carboxylic acids is 2. The van der Waals surface area contributed by atoms with E-state index < -0.39 is 5.91 Å². The quantitative estimate of drug-likeness (QED) is 0.699. The van der Waals surface area contributed by atoms with E-state index in [1.165, 1.54) is 0 Å². The van der Waals surface area contributed by atoms with Crippen LogP contribution in [0.4, 0.5) is 0 Å². The number of fused-ring (bicyclic) bond motifs is 1. The number of carbonyl (C=O) groups is 2. The van der Waals surface area contributed by atoms with Crippen LogP contribution in [0.2, 0.25) is 0 Å². The maximum Gasteiger partial charge on any atom is 0.267 e. The summed E-state index contributed by atoms with van der Waals surface area (Å²) in [6.07, 6.45) is 4.16. The third kappa shape index (κ3) is 3.13. The van der Waals surface area contributed by atoms with Crippen molar-refractivity contribution in [1.82, 2.24) is 19.3 Å². The van der Waals surface area contributed by atoms with E-state index in [1.807, 2.05) is 24.3 Å². The van der Waals surface area contributed by atoms with Crippen LogP contribution in [0.3, 0.4) is 0 Å². The lowest BCUT2D eigenvalue weighted by Gasteiger charge is -2.07. The lowest BCUT2D eigenvalue weighted by molar-refractivity contribution is -0.128. The Kier molecular flexibility index (Phi) is 4.09. The van der Waals surface area contributed by atoms with E-state index in [4.69, 9.17) is 5.73 Å².